The predicted molar refractivity (Wildman–Crippen MR) is 91.2 cm³/mol. The average Bonchev–Trinajstić information content (AvgIpc) is 3.16. The number of carbonyl (C=O) groups is 2. The molecule has 2 aromatic rings. The Balaban J connectivity index is 0.000000149. The molecule has 0 aliphatic carbocycles. The molecule has 2 heterocycles. The third kappa shape index (κ3) is 2.95. The summed E-state index contributed by atoms with van der Waals surface area (Å²) in [5.74, 6) is -0.721. The topological polar surface area (TPSA) is 52.6 Å². The van der Waals surface area contributed by atoms with Crippen LogP contribution in [0.3, 0.4) is 0 Å². The van der Waals surface area contributed by atoms with Crippen molar-refractivity contribution < 1.29 is 19.1 Å². The number of rotatable bonds is 0. The summed E-state index contributed by atoms with van der Waals surface area (Å²) in [5.41, 5.74) is 2.41. The lowest BCUT2D eigenvalue weighted by Gasteiger charge is -2.05. The first-order chi connectivity index (χ1) is 11.4. The zero-order valence-corrected chi connectivity index (χ0v) is 14.9. The van der Waals surface area contributed by atoms with E-state index >= 15 is 0 Å². The second-order valence-electron chi connectivity index (χ2n) is 4.92. The molecule has 0 saturated carbocycles. The summed E-state index contributed by atoms with van der Waals surface area (Å²) in [6.07, 6.45) is 0. The first-order valence-corrected chi connectivity index (χ1v) is 8.20. The minimum atomic E-state index is -0.523. The van der Waals surface area contributed by atoms with Crippen molar-refractivity contribution in [3.8, 4) is 0 Å². The molecule has 0 N–H and O–H groups in total. The summed E-state index contributed by atoms with van der Waals surface area (Å²) in [6, 6.07) is 7.43. The van der Waals surface area contributed by atoms with Crippen LogP contribution in [0.4, 0.5) is 0 Å². The van der Waals surface area contributed by atoms with Crippen LogP contribution >= 0.6 is 46.4 Å². The van der Waals surface area contributed by atoms with Crippen molar-refractivity contribution in [3.63, 3.8) is 0 Å². The Morgan fingerprint density at radius 2 is 1.38 bits per heavy atom. The molecule has 0 aromatic heterocycles. The number of hydrogen-bond donors (Lipinski definition) is 0. The van der Waals surface area contributed by atoms with E-state index in [0.717, 1.165) is 5.56 Å². The quantitative estimate of drug-likeness (QED) is 0.337. The number of hydrogen-bond acceptors (Lipinski definition) is 4. The van der Waals surface area contributed by atoms with Crippen molar-refractivity contribution >= 4 is 58.3 Å². The van der Waals surface area contributed by atoms with Crippen LogP contribution in [0.2, 0.25) is 20.1 Å². The summed E-state index contributed by atoms with van der Waals surface area (Å²) in [7, 11) is 0. The maximum absolute atomic E-state index is 11.2. The normalized spacial score (nSPS) is 14.3. The SMILES string of the molecule is O=C1OCc2c(Cl)c(Cl)c(Cl)c(Cl)c21.O=C1OCc2ccccc21. The zero-order valence-electron chi connectivity index (χ0n) is 11.9. The van der Waals surface area contributed by atoms with E-state index in [4.69, 9.17) is 55.9 Å². The molecule has 0 fully saturated rings. The van der Waals surface area contributed by atoms with Crippen LogP contribution in [-0.4, -0.2) is 11.9 Å². The average molecular weight is 406 g/mol. The zero-order chi connectivity index (χ0) is 17.4. The van der Waals surface area contributed by atoms with Gasteiger partial charge in [-0.05, 0) is 6.07 Å². The van der Waals surface area contributed by atoms with E-state index in [1.165, 1.54) is 0 Å². The van der Waals surface area contributed by atoms with Gasteiger partial charge in [-0.1, -0.05) is 64.6 Å². The molecule has 0 spiro atoms. The van der Waals surface area contributed by atoms with Gasteiger partial charge in [0.25, 0.3) is 0 Å². The number of halogens is 4. The number of cyclic esters (lactones) is 2. The van der Waals surface area contributed by atoms with E-state index in [2.05, 4.69) is 0 Å². The van der Waals surface area contributed by atoms with Crippen molar-refractivity contribution in [3.05, 3.63) is 66.6 Å². The summed E-state index contributed by atoms with van der Waals surface area (Å²) >= 11 is 23.3. The Morgan fingerprint density at radius 3 is 2.08 bits per heavy atom. The minimum absolute atomic E-state index is 0.0796. The number of carbonyl (C=O) groups excluding carboxylic acids is 2. The molecular formula is C16H8Cl4O4. The van der Waals surface area contributed by atoms with Crippen LogP contribution in [0.25, 0.3) is 0 Å². The lowest BCUT2D eigenvalue weighted by molar-refractivity contribution is 0.0526. The molecule has 0 unspecified atom stereocenters. The lowest BCUT2D eigenvalue weighted by Crippen LogP contribution is -1.96. The Labute approximate surface area is 157 Å². The highest BCUT2D eigenvalue weighted by atomic mass is 35.5. The van der Waals surface area contributed by atoms with Crippen LogP contribution in [-0.2, 0) is 22.7 Å². The van der Waals surface area contributed by atoms with Gasteiger partial charge in [0.05, 0.1) is 31.2 Å². The Kier molecular flexibility index (Phi) is 4.92. The number of ether oxygens (including phenoxy) is 2. The molecule has 124 valence electrons. The fraction of sp³-hybridized carbons (Fsp3) is 0.125. The fourth-order valence-electron chi connectivity index (χ4n) is 2.30. The van der Waals surface area contributed by atoms with E-state index in [0.29, 0.717) is 17.7 Å². The molecule has 0 amide bonds. The van der Waals surface area contributed by atoms with Crippen LogP contribution in [0.5, 0.6) is 0 Å². The Bertz CT molecular complexity index is 864. The summed E-state index contributed by atoms with van der Waals surface area (Å²) in [6.45, 7) is 0.526. The molecule has 0 saturated heterocycles. The van der Waals surface area contributed by atoms with Crippen molar-refractivity contribution in [1.82, 2.24) is 0 Å². The smallest absolute Gasteiger partial charge is 0.340 e. The predicted octanol–water partition coefficient (Wildman–Crippen LogP) is 5.33. The standard InChI is InChI=1S/C8H2Cl4O2.C8H6O2/c9-4-2-1-14-8(13)3(2)5(10)7(12)6(4)11;9-8-7-4-2-1-3-6(7)5-10-8/h1H2;1-4H,5H2. The van der Waals surface area contributed by atoms with Gasteiger partial charge in [-0.3, -0.25) is 0 Å². The van der Waals surface area contributed by atoms with Crippen LogP contribution in [0, 0.1) is 0 Å². The number of benzene rings is 2. The highest BCUT2D eigenvalue weighted by Crippen LogP contribution is 2.44. The molecule has 2 aliphatic heterocycles. The van der Waals surface area contributed by atoms with Crippen LogP contribution in [0.1, 0.15) is 31.8 Å². The molecule has 4 rings (SSSR count). The van der Waals surface area contributed by atoms with E-state index in [1.807, 2.05) is 18.2 Å². The Hall–Kier alpha value is -1.46. The second kappa shape index (κ2) is 6.81. The molecule has 24 heavy (non-hydrogen) atoms. The maximum atomic E-state index is 11.2. The highest BCUT2D eigenvalue weighted by molar-refractivity contribution is 6.53. The van der Waals surface area contributed by atoms with Gasteiger partial charge in [-0.2, -0.15) is 0 Å². The van der Waals surface area contributed by atoms with Gasteiger partial charge in [0.1, 0.15) is 13.2 Å². The molecule has 0 atom stereocenters. The van der Waals surface area contributed by atoms with Gasteiger partial charge in [0, 0.05) is 11.1 Å². The molecule has 2 aromatic carbocycles. The molecular weight excluding hydrogens is 398 g/mol. The molecule has 8 heteroatoms. The number of fused-ring (bicyclic) bond motifs is 2. The third-order valence-corrected chi connectivity index (χ3v) is 5.35. The molecule has 2 aliphatic rings. The van der Waals surface area contributed by atoms with Crippen molar-refractivity contribution in [2.45, 2.75) is 13.2 Å². The fourth-order valence-corrected chi connectivity index (χ4v) is 3.33. The highest BCUT2D eigenvalue weighted by Gasteiger charge is 2.30. The van der Waals surface area contributed by atoms with E-state index in [1.54, 1.807) is 6.07 Å². The van der Waals surface area contributed by atoms with E-state index in [-0.39, 0.29) is 38.2 Å². The van der Waals surface area contributed by atoms with Crippen molar-refractivity contribution in [2.24, 2.45) is 0 Å². The summed E-state index contributed by atoms with van der Waals surface area (Å²) < 4.78 is 9.55. The lowest BCUT2D eigenvalue weighted by atomic mass is 10.1. The van der Waals surface area contributed by atoms with Gasteiger partial charge in [-0.25, -0.2) is 9.59 Å². The van der Waals surface area contributed by atoms with Crippen LogP contribution in [0.15, 0.2) is 24.3 Å². The summed E-state index contributed by atoms with van der Waals surface area (Å²) in [5, 5.41) is 0.548. The van der Waals surface area contributed by atoms with Gasteiger partial charge in [0.15, 0.2) is 0 Å². The summed E-state index contributed by atoms with van der Waals surface area (Å²) in [4.78, 5) is 22.1. The molecule has 0 bridgehead atoms. The largest absolute Gasteiger partial charge is 0.457 e. The van der Waals surface area contributed by atoms with Crippen LogP contribution < -0.4 is 0 Å². The monoisotopic (exact) mass is 404 g/mol. The molecule has 0 radical (unpaired) electrons. The van der Waals surface area contributed by atoms with Crippen molar-refractivity contribution in [2.75, 3.05) is 0 Å². The van der Waals surface area contributed by atoms with Gasteiger partial charge in [-0.15, -0.1) is 0 Å². The molecule has 4 nitrogen and oxygen atoms in total. The number of esters is 2. The van der Waals surface area contributed by atoms with Crippen molar-refractivity contribution in [1.29, 1.82) is 0 Å². The minimum Gasteiger partial charge on any atom is -0.457 e. The van der Waals surface area contributed by atoms with Gasteiger partial charge >= 0.3 is 11.9 Å². The Morgan fingerprint density at radius 1 is 0.750 bits per heavy atom. The first kappa shape index (κ1) is 17.4. The van der Waals surface area contributed by atoms with E-state index in [9.17, 15) is 9.59 Å². The van der Waals surface area contributed by atoms with E-state index < -0.39 is 5.97 Å². The van der Waals surface area contributed by atoms with Gasteiger partial charge in [0.2, 0.25) is 0 Å². The second-order valence-corrected chi connectivity index (χ2v) is 6.43. The maximum Gasteiger partial charge on any atom is 0.340 e. The first-order valence-electron chi connectivity index (χ1n) is 6.68. The van der Waals surface area contributed by atoms with Gasteiger partial charge < -0.3 is 9.47 Å². The third-order valence-electron chi connectivity index (χ3n) is 3.51.